The van der Waals surface area contributed by atoms with Gasteiger partial charge in [0.25, 0.3) is 0 Å². The Morgan fingerprint density at radius 1 is 1.58 bits per heavy atom. The molecule has 0 radical (unpaired) electrons. The Balaban J connectivity index is 2.74. The average Bonchev–Trinajstić information content (AvgIpc) is 2.50. The highest BCUT2D eigenvalue weighted by Gasteiger charge is 2.13. The molecule has 0 aromatic carbocycles. The van der Waals surface area contributed by atoms with Gasteiger partial charge in [0.1, 0.15) is 0 Å². The molecule has 1 rings (SSSR count). The van der Waals surface area contributed by atoms with Crippen LogP contribution in [0.2, 0.25) is 0 Å². The molecule has 0 saturated carbocycles. The lowest BCUT2D eigenvalue weighted by atomic mass is 10.0. The molecule has 0 aliphatic carbocycles. The second-order valence-corrected chi connectivity index (χ2v) is 3.32. The van der Waals surface area contributed by atoms with Gasteiger partial charge in [-0.15, -0.1) is 0 Å². The van der Waals surface area contributed by atoms with Gasteiger partial charge in [-0.05, 0) is 12.8 Å². The van der Waals surface area contributed by atoms with Crippen LogP contribution in [-0.2, 0) is 6.54 Å². The van der Waals surface area contributed by atoms with Crippen LogP contribution in [0.1, 0.15) is 32.4 Å². The summed E-state index contributed by atoms with van der Waals surface area (Å²) in [4.78, 5) is 0. The Kier molecular flexibility index (Phi) is 2.87. The van der Waals surface area contributed by atoms with Crippen LogP contribution in [0.3, 0.4) is 0 Å². The maximum absolute atomic E-state index is 9.65. The van der Waals surface area contributed by atoms with E-state index in [1.54, 1.807) is 6.20 Å². The number of nitrogens with zero attached hydrogens (tertiary/aromatic N) is 2. The zero-order valence-corrected chi connectivity index (χ0v) is 7.86. The summed E-state index contributed by atoms with van der Waals surface area (Å²) < 4.78 is 1.82. The number of hydrogen-bond donors (Lipinski definition) is 1. The number of rotatable bonds is 3. The lowest BCUT2D eigenvalue weighted by Crippen LogP contribution is -2.04. The molecule has 0 bridgehead atoms. The molecule has 1 heterocycles. The summed E-state index contributed by atoms with van der Waals surface area (Å²) in [6.07, 6.45) is 3.24. The normalized spacial score (nSPS) is 13.8. The van der Waals surface area contributed by atoms with Gasteiger partial charge in [-0.2, -0.15) is 5.10 Å². The van der Waals surface area contributed by atoms with Crippen molar-refractivity contribution in [1.29, 1.82) is 0 Å². The van der Waals surface area contributed by atoms with E-state index in [4.69, 9.17) is 0 Å². The summed E-state index contributed by atoms with van der Waals surface area (Å²) in [5.41, 5.74) is 0.909. The van der Waals surface area contributed by atoms with Crippen LogP contribution < -0.4 is 0 Å². The summed E-state index contributed by atoms with van der Waals surface area (Å²) in [6.45, 7) is 6.87. The number of aliphatic hydroxyl groups excluding tert-OH is 1. The zero-order valence-electron chi connectivity index (χ0n) is 7.86. The third-order valence-corrected chi connectivity index (χ3v) is 1.95. The first-order valence-corrected chi connectivity index (χ1v) is 4.35. The van der Waals surface area contributed by atoms with E-state index < -0.39 is 0 Å². The van der Waals surface area contributed by atoms with Crippen LogP contribution in [0.15, 0.2) is 12.4 Å². The van der Waals surface area contributed by atoms with Crippen molar-refractivity contribution in [2.75, 3.05) is 0 Å². The van der Waals surface area contributed by atoms with E-state index in [-0.39, 0.29) is 12.0 Å². The quantitative estimate of drug-likeness (QED) is 0.744. The second kappa shape index (κ2) is 3.72. The highest BCUT2D eigenvalue weighted by Crippen LogP contribution is 2.19. The zero-order chi connectivity index (χ0) is 9.14. The predicted molar refractivity (Wildman–Crippen MR) is 47.7 cm³/mol. The number of aryl methyl sites for hydroxylation is 1. The summed E-state index contributed by atoms with van der Waals surface area (Å²) >= 11 is 0. The lowest BCUT2D eigenvalue weighted by molar-refractivity contribution is 0.127. The molecule has 68 valence electrons. The number of aliphatic hydroxyl groups is 1. The van der Waals surface area contributed by atoms with Crippen LogP contribution in [0.5, 0.6) is 0 Å². The first-order valence-electron chi connectivity index (χ1n) is 4.35. The maximum atomic E-state index is 9.65. The minimum absolute atomic E-state index is 0.250. The van der Waals surface area contributed by atoms with E-state index >= 15 is 0 Å². The maximum Gasteiger partial charge on any atom is 0.0843 e. The molecule has 3 nitrogen and oxygen atoms in total. The molecule has 1 N–H and O–H groups in total. The molecular weight excluding hydrogens is 152 g/mol. The van der Waals surface area contributed by atoms with Crippen molar-refractivity contribution in [3.05, 3.63) is 18.0 Å². The fourth-order valence-corrected chi connectivity index (χ4v) is 1.09. The van der Waals surface area contributed by atoms with Gasteiger partial charge in [0, 0.05) is 18.3 Å². The Bertz CT molecular complexity index is 242. The van der Waals surface area contributed by atoms with Crippen molar-refractivity contribution in [3.8, 4) is 0 Å². The molecule has 0 amide bonds. The standard InChI is InChI=1S/C9H16N2O/c1-4-11-6-8(5-10-11)9(12)7(2)3/h5-7,9,12H,4H2,1-3H3. The largest absolute Gasteiger partial charge is 0.388 e. The van der Waals surface area contributed by atoms with Crippen molar-refractivity contribution in [2.24, 2.45) is 5.92 Å². The van der Waals surface area contributed by atoms with Crippen LogP contribution >= 0.6 is 0 Å². The Morgan fingerprint density at radius 3 is 2.67 bits per heavy atom. The van der Waals surface area contributed by atoms with Crippen molar-refractivity contribution in [1.82, 2.24) is 9.78 Å². The van der Waals surface area contributed by atoms with Crippen LogP contribution in [-0.4, -0.2) is 14.9 Å². The minimum Gasteiger partial charge on any atom is -0.388 e. The first-order chi connectivity index (χ1) is 5.65. The van der Waals surface area contributed by atoms with Crippen LogP contribution in [0.25, 0.3) is 0 Å². The van der Waals surface area contributed by atoms with Gasteiger partial charge >= 0.3 is 0 Å². The van der Waals surface area contributed by atoms with Gasteiger partial charge in [-0.1, -0.05) is 13.8 Å². The Hall–Kier alpha value is -0.830. The predicted octanol–water partition coefficient (Wildman–Crippen LogP) is 1.59. The summed E-state index contributed by atoms with van der Waals surface area (Å²) in [5, 5.41) is 13.7. The molecule has 0 aliphatic heterocycles. The van der Waals surface area contributed by atoms with Crippen molar-refractivity contribution in [3.63, 3.8) is 0 Å². The lowest BCUT2D eigenvalue weighted by Gasteiger charge is -2.11. The van der Waals surface area contributed by atoms with Gasteiger partial charge in [0.05, 0.1) is 12.3 Å². The molecule has 3 heteroatoms. The van der Waals surface area contributed by atoms with E-state index in [9.17, 15) is 5.11 Å². The Labute approximate surface area is 73.0 Å². The van der Waals surface area contributed by atoms with E-state index in [0.717, 1.165) is 12.1 Å². The molecular formula is C9H16N2O. The molecule has 1 unspecified atom stereocenters. The third kappa shape index (κ3) is 1.85. The van der Waals surface area contributed by atoms with Gasteiger partial charge in [0.2, 0.25) is 0 Å². The SMILES string of the molecule is CCn1cc(C(O)C(C)C)cn1. The van der Waals surface area contributed by atoms with Crippen molar-refractivity contribution < 1.29 is 5.11 Å². The molecule has 0 aliphatic rings. The number of aromatic nitrogens is 2. The van der Waals surface area contributed by atoms with Crippen molar-refractivity contribution in [2.45, 2.75) is 33.4 Å². The highest BCUT2D eigenvalue weighted by atomic mass is 16.3. The molecule has 12 heavy (non-hydrogen) atoms. The molecule has 1 atom stereocenters. The Morgan fingerprint density at radius 2 is 2.25 bits per heavy atom. The highest BCUT2D eigenvalue weighted by molar-refractivity contribution is 5.08. The molecule has 1 aromatic heterocycles. The minimum atomic E-state index is -0.384. The van der Waals surface area contributed by atoms with E-state index in [2.05, 4.69) is 5.10 Å². The first kappa shape index (κ1) is 9.26. The monoisotopic (exact) mass is 168 g/mol. The molecule has 0 fully saturated rings. The van der Waals surface area contributed by atoms with E-state index in [0.29, 0.717) is 0 Å². The summed E-state index contributed by atoms with van der Waals surface area (Å²) in [6, 6.07) is 0. The third-order valence-electron chi connectivity index (χ3n) is 1.95. The van der Waals surface area contributed by atoms with Crippen LogP contribution in [0, 0.1) is 5.92 Å². The van der Waals surface area contributed by atoms with Gasteiger partial charge in [-0.25, -0.2) is 0 Å². The fraction of sp³-hybridized carbons (Fsp3) is 0.667. The summed E-state index contributed by atoms with van der Waals surface area (Å²) in [7, 11) is 0. The topological polar surface area (TPSA) is 38.0 Å². The van der Waals surface area contributed by atoms with Gasteiger partial charge in [0.15, 0.2) is 0 Å². The average molecular weight is 168 g/mol. The van der Waals surface area contributed by atoms with Gasteiger partial charge < -0.3 is 5.11 Å². The molecule has 0 spiro atoms. The van der Waals surface area contributed by atoms with E-state index in [1.165, 1.54) is 0 Å². The smallest absolute Gasteiger partial charge is 0.0843 e. The summed E-state index contributed by atoms with van der Waals surface area (Å²) in [5.74, 6) is 0.250. The fourth-order valence-electron chi connectivity index (χ4n) is 1.09. The van der Waals surface area contributed by atoms with Crippen LogP contribution in [0.4, 0.5) is 0 Å². The van der Waals surface area contributed by atoms with Gasteiger partial charge in [-0.3, -0.25) is 4.68 Å². The van der Waals surface area contributed by atoms with E-state index in [1.807, 2.05) is 31.6 Å². The number of hydrogen-bond acceptors (Lipinski definition) is 2. The van der Waals surface area contributed by atoms with Crippen molar-refractivity contribution >= 4 is 0 Å². The molecule has 0 saturated heterocycles. The molecule has 1 aromatic rings. The second-order valence-electron chi connectivity index (χ2n) is 3.32.